The maximum Gasteiger partial charge on any atom is 0.205 e. The molecule has 0 fully saturated rings. The van der Waals surface area contributed by atoms with Crippen LogP contribution in [-0.4, -0.2) is 34.6 Å². The number of anilines is 1. The Hall–Kier alpha value is -3.95. The fourth-order valence-corrected chi connectivity index (χ4v) is 2.83. The van der Waals surface area contributed by atoms with Gasteiger partial charge >= 0.3 is 0 Å². The Morgan fingerprint density at radius 3 is 2.96 bits per heavy atom. The van der Waals surface area contributed by atoms with Crippen molar-refractivity contribution in [3.05, 3.63) is 48.9 Å². The lowest BCUT2D eigenvalue weighted by Crippen LogP contribution is -2.06. The molecule has 0 radical (unpaired) electrons. The molecule has 10 heteroatoms. The number of nitrogens with two attached hydrogens (primary N) is 1. The number of fused-ring (bicyclic) bond motifs is 2. The number of nitrogen functional groups attached to an aromatic ring is 1. The normalized spacial score (nSPS) is 11.4. The molecule has 5 aromatic rings. The molecule has 5 rings (SSSR count). The minimum atomic E-state index is 0.107. The number of hydrogen-bond acceptors (Lipinski definition) is 8. The summed E-state index contributed by atoms with van der Waals surface area (Å²) in [5, 5.41) is 17.9. The molecule has 2 N–H and O–H groups in total. The lowest BCUT2D eigenvalue weighted by atomic mass is 10.2. The third kappa shape index (κ3) is 2.54. The van der Waals surface area contributed by atoms with E-state index in [-0.39, 0.29) is 12.4 Å². The van der Waals surface area contributed by atoms with Crippen molar-refractivity contribution in [3.63, 3.8) is 0 Å². The van der Waals surface area contributed by atoms with Crippen molar-refractivity contribution in [2.75, 3.05) is 5.73 Å². The molecule has 5 heterocycles. The summed E-state index contributed by atoms with van der Waals surface area (Å²) < 4.78 is 14.7. The van der Waals surface area contributed by atoms with Crippen LogP contribution in [0.2, 0.25) is 0 Å². The molecule has 0 saturated carbocycles. The summed E-state index contributed by atoms with van der Waals surface area (Å²) in [4.78, 5) is 4.12. The number of pyridine rings is 1. The minimum Gasteiger partial charge on any atom is -0.478 e. The molecule has 0 aromatic carbocycles. The van der Waals surface area contributed by atoms with E-state index in [4.69, 9.17) is 14.9 Å². The fraction of sp³-hybridized carbons (Fsp3) is 0.118. The monoisotopic (exact) mass is 362 g/mol. The van der Waals surface area contributed by atoms with Crippen LogP contribution < -0.4 is 10.5 Å². The molecule has 0 unspecified atom stereocenters. The molecule has 0 aliphatic carbocycles. The first-order valence-electron chi connectivity index (χ1n) is 8.14. The van der Waals surface area contributed by atoms with Crippen LogP contribution in [0.4, 0.5) is 5.82 Å². The summed E-state index contributed by atoms with van der Waals surface area (Å²) in [6.07, 6.45) is 6.83. The van der Waals surface area contributed by atoms with Gasteiger partial charge in [-0.3, -0.25) is 4.68 Å². The maximum atomic E-state index is 5.94. The summed E-state index contributed by atoms with van der Waals surface area (Å²) in [7, 11) is 1.85. The average molecular weight is 362 g/mol. The highest BCUT2D eigenvalue weighted by Crippen LogP contribution is 2.31. The van der Waals surface area contributed by atoms with Crippen LogP contribution >= 0.6 is 0 Å². The van der Waals surface area contributed by atoms with Gasteiger partial charge in [0.25, 0.3) is 0 Å². The standard InChI is InChI=1S/C17H14N8O2/c1-24-8-11(7-20-24)12-2-3-13-21-22-14(25(13)23-12)9-27-16-15-10(4-5-26-15)6-19-17(16)18/h2-8H,9H2,1H3,(H2,18,19). The molecule has 0 atom stereocenters. The SMILES string of the molecule is Cn1cc(-c2ccc3nnc(COc4c(N)ncc5ccoc45)n3n2)cn1. The largest absolute Gasteiger partial charge is 0.478 e. The lowest BCUT2D eigenvalue weighted by molar-refractivity contribution is 0.293. The third-order valence-electron chi connectivity index (χ3n) is 4.15. The first-order valence-corrected chi connectivity index (χ1v) is 8.14. The fourth-order valence-electron chi connectivity index (χ4n) is 2.83. The van der Waals surface area contributed by atoms with Gasteiger partial charge in [-0.05, 0) is 18.2 Å². The van der Waals surface area contributed by atoms with Crippen molar-refractivity contribution in [3.8, 4) is 17.0 Å². The van der Waals surface area contributed by atoms with Gasteiger partial charge < -0.3 is 14.9 Å². The molecule has 0 aliphatic rings. The number of aryl methyl sites for hydroxylation is 1. The van der Waals surface area contributed by atoms with Crippen molar-refractivity contribution in [2.24, 2.45) is 7.05 Å². The highest BCUT2D eigenvalue weighted by Gasteiger charge is 2.15. The Morgan fingerprint density at radius 2 is 2.11 bits per heavy atom. The Balaban J connectivity index is 1.50. The number of hydrogen-bond donors (Lipinski definition) is 1. The van der Waals surface area contributed by atoms with Gasteiger partial charge in [0.15, 0.2) is 29.5 Å². The summed E-state index contributed by atoms with van der Waals surface area (Å²) in [6, 6.07) is 5.51. The van der Waals surface area contributed by atoms with Crippen LogP contribution in [0.1, 0.15) is 5.82 Å². The van der Waals surface area contributed by atoms with E-state index in [1.807, 2.05) is 25.4 Å². The van der Waals surface area contributed by atoms with E-state index in [0.717, 1.165) is 16.6 Å². The Morgan fingerprint density at radius 1 is 1.19 bits per heavy atom. The van der Waals surface area contributed by atoms with Crippen molar-refractivity contribution >= 4 is 22.4 Å². The van der Waals surface area contributed by atoms with Crippen LogP contribution in [0.3, 0.4) is 0 Å². The molecule has 0 amide bonds. The highest BCUT2D eigenvalue weighted by molar-refractivity contribution is 5.86. The van der Waals surface area contributed by atoms with E-state index in [0.29, 0.717) is 22.8 Å². The number of ether oxygens (including phenoxy) is 1. The molecular weight excluding hydrogens is 348 g/mol. The molecule has 0 aliphatic heterocycles. The first-order chi connectivity index (χ1) is 13.2. The summed E-state index contributed by atoms with van der Waals surface area (Å²) >= 11 is 0. The predicted octanol–water partition coefficient (Wildman–Crippen LogP) is 1.83. The number of aromatic nitrogens is 7. The van der Waals surface area contributed by atoms with E-state index < -0.39 is 0 Å². The number of furan rings is 1. The maximum absolute atomic E-state index is 5.94. The van der Waals surface area contributed by atoms with E-state index >= 15 is 0 Å². The molecule has 5 aromatic heterocycles. The Labute approximate surface area is 152 Å². The van der Waals surface area contributed by atoms with Gasteiger partial charge in [0.05, 0.1) is 18.2 Å². The van der Waals surface area contributed by atoms with E-state index in [2.05, 4.69) is 25.4 Å². The predicted molar refractivity (Wildman–Crippen MR) is 95.7 cm³/mol. The molecule has 10 nitrogen and oxygen atoms in total. The van der Waals surface area contributed by atoms with Crippen LogP contribution in [0, 0.1) is 0 Å². The second kappa shape index (κ2) is 5.80. The molecular formula is C17H14N8O2. The molecule has 0 spiro atoms. The highest BCUT2D eigenvalue weighted by atomic mass is 16.5. The minimum absolute atomic E-state index is 0.107. The quantitative estimate of drug-likeness (QED) is 0.514. The molecule has 0 saturated heterocycles. The summed E-state index contributed by atoms with van der Waals surface area (Å²) in [6.45, 7) is 0.107. The van der Waals surface area contributed by atoms with Gasteiger partial charge in [-0.25, -0.2) is 4.98 Å². The zero-order chi connectivity index (χ0) is 18.4. The van der Waals surface area contributed by atoms with Gasteiger partial charge in [-0.1, -0.05) is 0 Å². The summed E-state index contributed by atoms with van der Waals surface area (Å²) in [5.74, 6) is 1.15. The van der Waals surface area contributed by atoms with Gasteiger partial charge in [0, 0.05) is 30.4 Å². The van der Waals surface area contributed by atoms with Gasteiger partial charge in [-0.2, -0.15) is 14.7 Å². The first kappa shape index (κ1) is 15.3. The Kier molecular flexibility index (Phi) is 3.29. The zero-order valence-electron chi connectivity index (χ0n) is 14.3. The van der Waals surface area contributed by atoms with Crippen molar-refractivity contribution in [1.82, 2.24) is 34.6 Å². The van der Waals surface area contributed by atoms with Crippen LogP contribution in [0.5, 0.6) is 5.75 Å². The summed E-state index contributed by atoms with van der Waals surface area (Å²) in [5.41, 5.74) is 8.75. The molecule has 0 bridgehead atoms. The zero-order valence-corrected chi connectivity index (χ0v) is 14.3. The van der Waals surface area contributed by atoms with E-state index in [1.165, 1.54) is 0 Å². The van der Waals surface area contributed by atoms with Crippen molar-refractivity contribution in [2.45, 2.75) is 6.61 Å². The van der Waals surface area contributed by atoms with Crippen LogP contribution in [-0.2, 0) is 13.7 Å². The van der Waals surface area contributed by atoms with Crippen LogP contribution in [0.25, 0.3) is 27.9 Å². The topological polar surface area (TPSA) is 122 Å². The lowest BCUT2D eigenvalue weighted by Gasteiger charge is -2.07. The van der Waals surface area contributed by atoms with Gasteiger partial charge in [-0.15, -0.1) is 10.2 Å². The smallest absolute Gasteiger partial charge is 0.205 e. The molecule has 134 valence electrons. The second-order valence-corrected chi connectivity index (χ2v) is 5.97. The number of nitrogens with zero attached hydrogens (tertiary/aromatic N) is 7. The Bertz CT molecular complexity index is 1270. The van der Waals surface area contributed by atoms with Crippen LogP contribution in [0.15, 0.2) is 47.5 Å². The van der Waals surface area contributed by atoms with Gasteiger partial charge in [0.1, 0.15) is 0 Å². The van der Waals surface area contributed by atoms with E-state index in [9.17, 15) is 0 Å². The van der Waals surface area contributed by atoms with Crippen molar-refractivity contribution < 1.29 is 9.15 Å². The molecule has 27 heavy (non-hydrogen) atoms. The van der Waals surface area contributed by atoms with Gasteiger partial charge in [0.2, 0.25) is 5.75 Å². The second-order valence-electron chi connectivity index (χ2n) is 5.97. The third-order valence-corrected chi connectivity index (χ3v) is 4.15. The van der Waals surface area contributed by atoms with Crippen molar-refractivity contribution in [1.29, 1.82) is 0 Å². The average Bonchev–Trinajstić information content (AvgIpc) is 3.40. The van der Waals surface area contributed by atoms with E-state index in [1.54, 1.807) is 33.9 Å². The number of rotatable bonds is 4.